The van der Waals surface area contributed by atoms with Crippen molar-refractivity contribution in [2.45, 2.75) is 52.0 Å². The van der Waals surface area contributed by atoms with Crippen molar-refractivity contribution in [1.29, 1.82) is 0 Å². The van der Waals surface area contributed by atoms with E-state index in [0.717, 1.165) is 56.6 Å². The summed E-state index contributed by atoms with van der Waals surface area (Å²) in [6.45, 7) is 7.86. The van der Waals surface area contributed by atoms with Gasteiger partial charge in [-0.3, -0.25) is 9.59 Å². The van der Waals surface area contributed by atoms with E-state index in [-0.39, 0.29) is 11.3 Å². The highest BCUT2D eigenvalue weighted by Gasteiger charge is 2.46. The van der Waals surface area contributed by atoms with Crippen LogP contribution in [0, 0.1) is 0 Å². The van der Waals surface area contributed by atoms with E-state index < -0.39 is 17.7 Å². The number of Topliss-reactive ketones (excluding diaryl/α,β-unsaturated/α-hetero) is 1. The number of aliphatic hydroxyl groups excluding tert-OH is 1. The minimum atomic E-state index is -0.630. The summed E-state index contributed by atoms with van der Waals surface area (Å²) in [7, 11) is 0. The van der Waals surface area contributed by atoms with Gasteiger partial charge in [0.1, 0.15) is 5.76 Å². The number of hydrogen-bond acceptors (Lipinski definition) is 5. The molecule has 1 atom stereocenters. The normalized spacial score (nSPS) is 17.9. The van der Waals surface area contributed by atoms with Crippen molar-refractivity contribution >= 4 is 40.4 Å². The quantitative estimate of drug-likeness (QED) is 0.222. The van der Waals surface area contributed by atoms with Crippen LogP contribution < -0.4 is 0 Å². The van der Waals surface area contributed by atoms with Gasteiger partial charge in [-0.25, -0.2) is 0 Å². The van der Waals surface area contributed by atoms with E-state index in [1.54, 1.807) is 29.2 Å². The van der Waals surface area contributed by atoms with E-state index in [4.69, 9.17) is 11.6 Å². The van der Waals surface area contributed by atoms with E-state index in [2.05, 4.69) is 18.7 Å². The molecule has 1 saturated heterocycles. The van der Waals surface area contributed by atoms with Crippen LogP contribution in [-0.4, -0.2) is 52.8 Å². The smallest absolute Gasteiger partial charge is 0.295 e. The fourth-order valence-corrected chi connectivity index (χ4v) is 5.15. The van der Waals surface area contributed by atoms with Gasteiger partial charge in [-0.2, -0.15) is 0 Å². The predicted molar refractivity (Wildman–Crippen MR) is 136 cm³/mol. The molecule has 1 amide bonds. The van der Waals surface area contributed by atoms with E-state index >= 15 is 0 Å². The zero-order valence-corrected chi connectivity index (χ0v) is 21.0. The molecular formula is C26H33ClN2O3S. The first kappa shape index (κ1) is 25.5. The summed E-state index contributed by atoms with van der Waals surface area (Å²) in [5, 5.41) is 13.5. The summed E-state index contributed by atoms with van der Waals surface area (Å²) < 4.78 is 0. The number of carbonyl (C=O) groups is 2. The maximum atomic E-state index is 13.0. The molecule has 1 N–H and O–H groups in total. The Balaban J connectivity index is 1.83. The number of thiophene rings is 1. The average molecular weight is 489 g/mol. The van der Waals surface area contributed by atoms with Crippen LogP contribution in [0.3, 0.4) is 0 Å². The van der Waals surface area contributed by atoms with Crippen molar-refractivity contribution in [3.63, 3.8) is 0 Å². The van der Waals surface area contributed by atoms with Gasteiger partial charge in [0, 0.05) is 22.0 Å². The van der Waals surface area contributed by atoms with Crippen molar-refractivity contribution in [3.8, 4) is 0 Å². The Morgan fingerprint density at radius 2 is 1.67 bits per heavy atom. The van der Waals surface area contributed by atoms with Crippen LogP contribution in [0.25, 0.3) is 5.76 Å². The number of hydrogen-bond donors (Lipinski definition) is 1. The molecule has 0 bridgehead atoms. The standard InChI is InChI=1S/C26H33ClN2O3S/c1-3-5-14-28(15-6-4-2)16-8-17-29-23(21-9-7-18-33-21)22(25(31)26(29)32)24(30)19-10-12-20(27)13-11-19/h7,9-13,18,23,30H,3-6,8,14-17H2,1-2H3/t23-/m0/s1. The molecule has 1 aromatic heterocycles. The molecular weight excluding hydrogens is 456 g/mol. The maximum Gasteiger partial charge on any atom is 0.295 e. The number of nitrogens with zero attached hydrogens (tertiary/aromatic N) is 2. The highest BCUT2D eigenvalue weighted by molar-refractivity contribution is 7.10. The third-order valence-corrected chi connectivity index (χ3v) is 7.18. The van der Waals surface area contributed by atoms with Crippen molar-refractivity contribution in [3.05, 3.63) is 62.8 Å². The van der Waals surface area contributed by atoms with Crippen LogP contribution in [-0.2, 0) is 9.59 Å². The molecule has 7 heteroatoms. The van der Waals surface area contributed by atoms with E-state index in [0.29, 0.717) is 17.1 Å². The number of likely N-dealkylation sites (tertiary alicyclic amines) is 1. The van der Waals surface area contributed by atoms with Crippen LogP contribution in [0.15, 0.2) is 47.4 Å². The van der Waals surface area contributed by atoms with Gasteiger partial charge in [0.2, 0.25) is 0 Å². The molecule has 178 valence electrons. The second-order valence-corrected chi connectivity index (χ2v) is 9.83. The fourth-order valence-electron chi connectivity index (χ4n) is 4.18. The minimum absolute atomic E-state index is 0.151. The number of rotatable bonds is 12. The fraction of sp³-hybridized carbons (Fsp3) is 0.462. The van der Waals surface area contributed by atoms with E-state index in [1.807, 2.05) is 17.5 Å². The Hall–Kier alpha value is -2.15. The van der Waals surface area contributed by atoms with E-state index in [1.165, 1.54) is 11.3 Å². The van der Waals surface area contributed by atoms with Crippen molar-refractivity contribution < 1.29 is 14.7 Å². The Morgan fingerprint density at radius 3 is 2.24 bits per heavy atom. The van der Waals surface area contributed by atoms with Crippen molar-refractivity contribution in [2.75, 3.05) is 26.2 Å². The highest BCUT2D eigenvalue weighted by atomic mass is 35.5. The number of aliphatic hydroxyl groups is 1. The molecule has 0 saturated carbocycles. The summed E-state index contributed by atoms with van der Waals surface area (Å²) in [6, 6.07) is 9.89. The summed E-state index contributed by atoms with van der Waals surface area (Å²) in [5.74, 6) is -1.33. The summed E-state index contributed by atoms with van der Waals surface area (Å²) >= 11 is 7.46. The monoisotopic (exact) mass is 488 g/mol. The molecule has 1 fully saturated rings. The number of ketones is 1. The molecule has 1 aliphatic heterocycles. The lowest BCUT2D eigenvalue weighted by atomic mass is 10.00. The predicted octanol–water partition coefficient (Wildman–Crippen LogP) is 6.12. The number of amides is 1. The van der Waals surface area contributed by atoms with Gasteiger partial charge in [0.25, 0.3) is 11.7 Å². The molecule has 1 aliphatic rings. The zero-order valence-electron chi connectivity index (χ0n) is 19.4. The summed E-state index contributed by atoms with van der Waals surface area (Å²) in [4.78, 5) is 31.0. The van der Waals surface area contributed by atoms with Crippen LogP contribution in [0.4, 0.5) is 0 Å². The van der Waals surface area contributed by atoms with Gasteiger partial charge in [0.15, 0.2) is 0 Å². The van der Waals surface area contributed by atoms with Gasteiger partial charge in [-0.1, -0.05) is 44.4 Å². The summed E-state index contributed by atoms with van der Waals surface area (Å²) in [5.41, 5.74) is 0.628. The lowest BCUT2D eigenvalue weighted by molar-refractivity contribution is -0.139. The summed E-state index contributed by atoms with van der Waals surface area (Å²) in [6.07, 6.45) is 5.40. The Morgan fingerprint density at radius 1 is 1.03 bits per heavy atom. The molecule has 2 heterocycles. The van der Waals surface area contributed by atoms with Crippen LogP contribution in [0.2, 0.25) is 5.02 Å². The molecule has 0 spiro atoms. The number of unbranched alkanes of at least 4 members (excludes halogenated alkanes) is 2. The number of benzene rings is 1. The molecule has 0 unspecified atom stereocenters. The molecule has 5 nitrogen and oxygen atoms in total. The first-order valence-corrected chi connectivity index (χ1v) is 13.0. The minimum Gasteiger partial charge on any atom is -0.507 e. The lowest BCUT2D eigenvalue weighted by Crippen LogP contribution is -2.34. The topological polar surface area (TPSA) is 60.9 Å². The van der Waals surface area contributed by atoms with Gasteiger partial charge >= 0.3 is 0 Å². The Labute approximate surface area is 205 Å². The molecule has 3 rings (SSSR count). The van der Waals surface area contributed by atoms with Crippen molar-refractivity contribution in [1.82, 2.24) is 9.80 Å². The molecule has 0 radical (unpaired) electrons. The first-order chi connectivity index (χ1) is 16.0. The van der Waals surface area contributed by atoms with Gasteiger partial charge in [0.05, 0.1) is 11.6 Å². The third-order valence-electron chi connectivity index (χ3n) is 6.00. The Kier molecular flexibility index (Phi) is 9.53. The van der Waals surface area contributed by atoms with Crippen molar-refractivity contribution in [2.24, 2.45) is 0 Å². The van der Waals surface area contributed by atoms with Crippen LogP contribution >= 0.6 is 22.9 Å². The third kappa shape index (κ3) is 6.25. The lowest BCUT2D eigenvalue weighted by Gasteiger charge is -2.26. The molecule has 0 aliphatic carbocycles. The van der Waals surface area contributed by atoms with Crippen LogP contribution in [0.1, 0.15) is 62.4 Å². The maximum absolute atomic E-state index is 13.0. The number of carbonyl (C=O) groups excluding carboxylic acids is 2. The average Bonchev–Trinajstić information content (AvgIpc) is 3.43. The van der Waals surface area contributed by atoms with Crippen LogP contribution in [0.5, 0.6) is 0 Å². The molecule has 33 heavy (non-hydrogen) atoms. The van der Waals surface area contributed by atoms with E-state index in [9.17, 15) is 14.7 Å². The number of halogens is 1. The molecule has 1 aromatic carbocycles. The Bertz CT molecular complexity index is 948. The molecule has 2 aromatic rings. The SMILES string of the molecule is CCCCN(CCCC)CCCN1C(=O)C(=O)C(=C(O)c2ccc(Cl)cc2)[C@@H]1c1cccs1. The largest absolute Gasteiger partial charge is 0.507 e. The second kappa shape index (κ2) is 12.4. The highest BCUT2D eigenvalue weighted by Crippen LogP contribution is 2.41. The van der Waals surface area contributed by atoms with Gasteiger partial charge in [-0.15, -0.1) is 11.3 Å². The zero-order chi connectivity index (χ0) is 23.8. The second-order valence-electron chi connectivity index (χ2n) is 8.42. The van der Waals surface area contributed by atoms with Gasteiger partial charge in [-0.05, 0) is 74.6 Å². The van der Waals surface area contributed by atoms with Gasteiger partial charge < -0.3 is 14.9 Å². The first-order valence-electron chi connectivity index (χ1n) is 11.8.